The molecule has 3 aromatic rings. The third kappa shape index (κ3) is 5.27. The second kappa shape index (κ2) is 9.62. The molecule has 1 atom stereocenters. The zero-order valence-electron chi connectivity index (χ0n) is 20.3. The highest BCUT2D eigenvalue weighted by atomic mass is 32.2. The molecule has 0 aromatic heterocycles. The first kappa shape index (κ1) is 24.6. The number of fused-ring (bicyclic) bond motifs is 1. The number of para-hydroxylation sites is 1. The number of carbonyl (C=O) groups excluding carboxylic acids is 1. The highest BCUT2D eigenvalue weighted by Gasteiger charge is 2.36. The van der Waals surface area contributed by atoms with E-state index in [9.17, 15) is 13.2 Å². The normalized spacial score (nSPS) is 16.5. The Morgan fingerprint density at radius 1 is 1.09 bits per heavy atom. The minimum absolute atomic E-state index is 0.126. The van der Waals surface area contributed by atoms with E-state index in [1.807, 2.05) is 45.0 Å². The topological polar surface area (TPSA) is 84.9 Å². The van der Waals surface area contributed by atoms with E-state index >= 15 is 0 Å². The van der Waals surface area contributed by atoms with E-state index in [1.54, 1.807) is 43.5 Å². The number of methoxy groups -OCH3 is 1. The molecule has 1 heterocycles. The van der Waals surface area contributed by atoms with Gasteiger partial charge in [-0.3, -0.25) is 9.10 Å². The third-order valence-electron chi connectivity index (χ3n) is 6.02. The molecule has 8 heteroatoms. The summed E-state index contributed by atoms with van der Waals surface area (Å²) < 4.78 is 39.8. The molecule has 0 spiro atoms. The molecule has 1 unspecified atom stereocenters. The highest BCUT2D eigenvalue weighted by Crippen LogP contribution is 2.41. The molecule has 1 aliphatic rings. The standard InChI is InChI=1S/C27H30N2O5S/c1-19-10-8-9-13-24(19)29(35(31,32)21-11-6-5-7-12-21)18-26(30)28-23-17-27(2,3)34-25-16-20(33-4)14-15-22(23)25/h5-16,23H,17-18H2,1-4H3,(H,28,30). The van der Waals surface area contributed by atoms with Gasteiger partial charge >= 0.3 is 0 Å². The lowest BCUT2D eigenvalue weighted by atomic mass is 9.89. The largest absolute Gasteiger partial charge is 0.497 e. The maximum Gasteiger partial charge on any atom is 0.264 e. The number of amides is 1. The van der Waals surface area contributed by atoms with Crippen LogP contribution in [0.1, 0.15) is 37.4 Å². The summed E-state index contributed by atoms with van der Waals surface area (Å²) in [5.41, 5.74) is 1.52. The number of sulfonamides is 1. The molecule has 184 valence electrons. The lowest BCUT2D eigenvalue weighted by Gasteiger charge is -2.38. The number of aryl methyl sites for hydroxylation is 1. The Morgan fingerprint density at radius 2 is 1.77 bits per heavy atom. The Balaban J connectivity index is 1.65. The van der Waals surface area contributed by atoms with Crippen molar-refractivity contribution in [3.8, 4) is 11.5 Å². The molecule has 0 radical (unpaired) electrons. The third-order valence-corrected chi connectivity index (χ3v) is 7.79. The Bertz CT molecular complexity index is 1320. The van der Waals surface area contributed by atoms with Crippen molar-refractivity contribution in [1.82, 2.24) is 5.32 Å². The first-order valence-corrected chi connectivity index (χ1v) is 12.8. The van der Waals surface area contributed by atoms with Crippen LogP contribution in [0.15, 0.2) is 77.7 Å². The number of anilines is 1. The van der Waals surface area contributed by atoms with Gasteiger partial charge in [0.2, 0.25) is 5.91 Å². The van der Waals surface area contributed by atoms with E-state index in [0.717, 1.165) is 11.1 Å². The van der Waals surface area contributed by atoms with Crippen molar-refractivity contribution >= 4 is 21.6 Å². The molecule has 1 aliphatic heterocycles. The lowest BCUT2D eigenvalue weighted by Crippen LogP contribution is -2.45. The second-order valence-electron chi connectivity index (χ2n) is 9.20. The molecule has 7 nitrogen and oxygen atoms in total. The smallest absolute Gasteiger partial charge is 0.264 e. The first-order chi connectivity index (χ1) is 16.6. The van der Waals surface area contributed by atoms with Gasteiger partial charge < -0.3 is 14.8 Å². The van der Waals surface area contributed by atoms with Gasteiger partial charge in [0.25, 0.3) is 10.0 Å². The molecular formula is C27H30N2O5S. The number of nitrogens with one attached hydrogen (secondary N) is 1. The molecule has 3 aromatic carbocycles. The predicted octanol–water partition coefficient (Wildman–Crippen LogP) is 4.62. The fourth-order valence-corrected chi connectivity index (χ4v) is 5.83. The molecule has 0 aliphatic carbocycles. The van der Waals surface area contributed by atoms with Crippen molar-refractivity contribution in [2.24, 2.45) is 0 Å². The fourth-order valence-electron chi connectivity index (χ4n) is 4.32. The number of carbonyl (C=O) groups is 1. The van der Waals surface area contributed by atoms with Crippen molar-refractivity contribution in [2.45, 2.75) is 43.7 Å². The summed E-state index contributed by atoms with van der Waals surface area (Å²) in [5.74, 6) is 0.891. The van der Waals surface area contributed by atoms with Gasteiger partial charge in [-0.25, -0.2) is 8.42 Å². The minimum atomic E-state index is -3.97. The van der Waals surface area contributed by atoms with Crippen molar-refractivity contribution in [2.75, 3.05) is 18.0 Å². The molecule has 1 N–H and O–H groups in total. The number of rotatable bonds is 7. The van der Waals surface area contributed by atoms with Gasteiger partial charge in [-0.15, -0.1) is 0 Å². The van der Waals surface area contributed by atoms with Crippen LogP contribution in [-0.4, -0.2) is 33.6 Å². The van der Waals surface area contributed by atoms with Crippen LogP contribution in [0.25, 0.3) is 0 Å². The average Bonchev–Trinajstić information content (AvgIpc) is 2.82. The van der Waals surface area contributed by atoms with E-state index in [-0.39, 0.29) is 17.5 Å². The summed E-state index contributed by atoms with van der Waals surface area (Å²) in [6.45, 7) is 5.37. The molecule has 4 rings (SSSR count). The van der Waals surface area contributed by atoms with Gasteiger partial charge in [0.15, 0.2) is 0 Å². The van der Waals surface area contributed by atoms with Crippen molar-refractivity contribution in [3.63, 3.8) is 0 Å². The molecule has 0 saturated carbocycles. The summed E-state index contributed by atoms with van der Waals surface area (Å²) in [6, 6.07) is 20.4. The van der Waals surface area contributed by atoms with Crippen LogP contribution >= 0.6 is 0 Å². The van der Waals surface area contributed by atoms with Crippen LogP contribution in [0.5, 0.6) is 11.5 Å². The molecule has 1 amide bonds. The van der Waals surface area contributed by atoms with Gasteiger partial charge in [-0.1, -0.05) is 36.4 Å². The molecule has 0 bridgehead atoms. The van der Waals surface area contributed by atoms with Crippen LogP contribution in [-0.2, 0) is 14.8 Å². The molecule has 0 fully saturated rings. The molecular weight excluding hydrogens is 464 g/mol. The second-order valence-corrected chi connectivity index (χ2v) is 11.1. The summed E-state index contributed by atoms with van der Waals surface area (Å²) in [7, 11) is -2.39. The summed E-state index contributed by atoms with van der Waals surface area (Å²) in [5, 5.41) is 3.05. The summed E-state index contributed by atoms with van der Waals surface area (Å²) in [4.78, 5) is 13.5. The lowest BCUT2D eigenvalue weighted by molar-refractivity contribution is -0.120. The van der Waals surface area contributed by atoms with Crippen molar-refractivity contribution in [3.05, 3.63) is 83.9 Å². The SMILES string of the molecule is COc1ccc2c(c1)OC(C)(C)CC2NC(=O)CN(c1ccccc1C)S(=O)(=O)c1ccccc1. The van der Waals surface area contributed by atoms with E-state index in [1.165, 1.54) is 16.4 Å². The maximum absolute atomic E-state index is 13.6. The Morgan fingerprint density at radius 3 is 2.46 bits per heavy atom. The number of hydrogen-bond acceptors (Lipinski definition) is 5. The summed E-state index contributed by atoms with van der Waals surface area (Å²) in [6.07, 6.45) is 0.536. The maximum atomic E-state index is 13.6. The Labute approximate surface area is 206 Å². The van der Waals surface area contributed by atoms with Crippen LogP contribution in [0.2, 0.25) is 0 Å². The average molecular weight is 495 g/mol. The van der Waals surface area contributed by atoms with E-state index in [4.69, 9.17) is 9.47 Å². The van der Waals surface area contributed by atoms with Gasteiger partial charge in [-0.05, 0) is 56.7 Å². The van der Waals surface area contributed by atoms with E-state index < -0.39 is 21.5 Å². The van der Waals surface area contributed by atoms with Crippen molar-refractivity contribution in [1.29, 1.82) is 0 Å². The van der Waals surface area contributed by atoms with E-state index in [0.29, 0.717) is 23.6 Å². The van der Waals surface area contributed by atoms with Gasteiger partial charge in [-0.2, -0.15) is 0 Å². The van der Waals surface area contributed by atoms with Gasteiger partial charge in [0.05, 0.1) is 23.7 Å². The number of hydrogen-bond donors (Lipinski definition) is 1. The zero-order chi connectivity index (χ0) is 25.2. The van der Waals surface area contributed by atoms with Gasteiger partial charge in [0, 0.05) is 18.1 Å². The predicted molar refractivity (Wildman–Crippen MR) is 135 cm³/mol. The number of ether oxygens (including phenoxy) is 2. The zero-order valence-corrected chi connectivity index (χ0v) is 21.1. The number of benzene rings is 3. The van der Waals surface area contributed by atoms with Crippen LogP contribution in [0, 0.1) is 6.92 Å². The Hall–Kier alpha value is -3.52. The minimum Gasteiger partial charge on any atom is -0.497 e. The molecule has 0 saturated heterocycles. The van der Waals surface area contributed by atoms with Crippen LogP contribution in [0.3, 0.4) is 0 Å². The quantitative estimate of drug-likeness (QED) is 0.518. The number of nitrogens with zero attached hydrogens (tertiary/aromatic N) is 1. The molecule has 35 heavy (non-hydrogen) atoms. The van der Waals surface area contributed by atoms with E-state index in [2.05, 4.69) is 5.32 Å². The fraction of sp³-hybridized carbons (Fsp3) is 0.296. The summed E-state index contributed by atoms with van der Waals surface area (Å²) >= 11 is 0. The van der Waals surface area contributed by atoms with Crippen LogP contribution in [0.4, 0.5) is 5.69 Å². The van der Waals surface area contributed by atoms with Crippen LogP contribution < -0.4 is 19.1 Å². The Kier molecular flexibility index (Phi) is 6.76. The monoisotopic (exact) mass is 494 g/mol. The first-order valence-electron chi connectivity index (χ1n) is 11.4. The van der Waals surface area contributed by atoms with Crippen molar-refractivity contribution < 1.29 is 22.7 Å². The van der Waals surface area contributed by atoms with Gasteiger partial charge in [0.1, 0.15) is 23.6 Å². The highest BCUT2D eigenvalue weighted by molar-refractivity contribution is 7.92.